The molecule has 0 radical (unpaired) electrons. The van der Waals surface area contributed by atoms with Crippen LogP contribution in [0, 0.1) is 11.8 Å². The molecule has 0 aromatic heterocycles. The minimum absolute atomic E-state index is 0.155. The number of amides is 1. The van der Waals surface area contributed by atoms with E-state index in [0.717, 1.165) is 25.7 Å². The van der Waals surface area contributed by atoms with Crippen molar-refractivity contribution in [3.05, 3.63) is 0 Å². The molecule has 0 bridgehead atoms. The van der Waals surface area contributed by atoms with Gasteiger partial charge in [-0.15, -0.1) is 0 Å². The first-order valence-electron chi connectivity index (χ1n) is 7.25. The molecular weight excluding hydrogens is 244 g/mol. The topological polar surface area (TPSA) is 92.4 Å². The lowest BCUT2D eigenvalue weighted by molar-refractivity contribution is -0.142. The van der Waals surface area contributed by atoms with Crippen LogP contribution in [0.3, 0.4) is 0 Å². The van der Waals surface area contributed by atoms with E-state index in [0.29, 0.717) is 25.2 Å². The summed E-state index contributed by atoms with van der Waals surface area (Å²) < 4.78 is 0. The first kappa shape index (κ1) is 14.3. The molecule has 4 atom stereocenters. The van der Waals surface area contributed by atoms with Crippen LogP contribution >= 0.6 is 0 Å². The van der Waals surface area contributed by atoms with Crippen molar-refractivity contribution in [1.29, 1.82) is 0 Å². The molecule has 2 fully saturated rings. The Morgan fingerprint density at radius 3 is 2.63 bits per heavy atom. The van der Waals surface area contributed by atoms with Gasteiger partial charge in [0.1, 0.15) is 0 Å². The van der Waals surface area contributed by atoms with Gasteiger partial charge in [0.15, 0.2) is 0 Å². The number of carbonyl (C=O) groups excluding carboxylic acids is 1. The third kappa shape index (κ3) is 3.08. The lowest BCUT2D eigenvalue weighted by atomic mass is 9.76. The van der Waals surface area contributed by atoms with E-state index >= 15 is 0 Å². The molecule has 1 amide bonds. The Labute approximate surface area is 113 Å². The SMILES string of the molecule is CC1CCCC(N)(C(=O)NC2CCCC2C(=O)O)C1. The van der Waals surface area contributed by atoms with Crippen molar-refractivity contribution in [2.75, 3.05) is 0 Å². The Bertz CT molecular complexity index is 372. The molecule has 4 unspecified atom stereocenters. The molecule has 2 saturated carbocycles. The van der Waals surface area contributed by atoms with Gasteiger partial charge < -0.3 is 16.2 Å². The molecule has 5 heteroatoms. The van der Waals surface area contributed by atoms with E-state index < -0.39 is 17.4 Å². The number of carboxylic acid groups (broad SMARTS) is 1. The first-order chi connectivity index (χ1) is 8.92. The smallest absolute Gasteiger partial charge is 0.308 e. The van der Waals surface area contributed by atoms with Gasteiger partial charge in [0, 0.05) is 6.04 Å². The van der Waals surface area contributed by atoms with Crippen LogP contribution in [0.5, 0.6) is 0 Å². The second-order valence-electron chi connectivity index (χ2n) is 6.31. The second kappa shape index (κ2) is 5.49. The van der Waals surface area contributed by atoms with Crippen LogP contribution in [0.15, 0.2) is 0 Å². The number of rotatable bonds is 3. The van der Waals surface area contributed by atoms with Crippen molar-refractivity contribution >= 4 is 11.9 Å². The molecule has 0 aromatic carbocycles. The fourth-order valence-corrected chi connectivity index (χ4v) is 3.54. The summed E-state index contributed by atoms with van der Waals surface area (Å²) in [5.41, 5.74) is 5.43. The zero-order chi connectivity index (χ0) is 14.0. The summed E-state index contributed by atoms with van der Waals surface area (Å²) in [5.74, 6) is -0.958. The number of carbonyl (C=O) groups is 2. The number of nitrogens with two attached hydrogens (primary N) is 1. The molecule has 2 aliphatic carbocycles. The molecule has 5 nitrogen and oxygen atoms in total. The standard InChI is InChI=1S/C14H24N2O3/c1-9-4-3-7-14(15,8-9)13(19)16-11-6-2-5-10(11)12(17)18/h9-11H,2-8,15H2,1H3,(H,16,19)(H,17,18). The van der Waals surface area contributed by atoms with Gasteiger partial charge in [0.25, 0.3) is 0 Å². The van der Waals surface area contributed by atoms with Gasteiger partial charge in [-0.1, -0.05) is 26.2 Å². The molecule has 0 saturated heterocycles. The van der Waals surface area contributed by atoms with Crippen LogP contribution in [0.25, 0.3) is 0 Å². The number of nitrogens with one attached hydrogen (secondary N) is 1. The third-order valence-electron chi connectivity index (χ3n) is 4.63. The Morgan fingerprint density at radius 2 is 2.00 bits per heavy atom. The zero-order valence-electron chi connectivity index (χ0n) is 11.5. The van der Waals surface area contributed by atoms with E-state index in [2.05, 4.69) is 12.2 Å². The van der Waals surface area contributed by atoms with Gasteiger partial charge in [-0.2, -0.15) is 0 Å². The molecule has 0 aliphatic heterocycles. The van der Waals surface area contributed by atoms with Crippen molar-refractivity contribution in [2.24, 2.45) is 17.6 Å². The maximum Gasteiger partial charge on any atom is 0.308 e. The summed E-state index contributed by atoms with van der Waals surface area (Å²) in [7, 11) is 0. The molecule has 0 spiro atoms. The largest absolute Gasteiger partial charge is 0.481 e. The number of hydrogen-bond acceptors (Lipinski definition) is 3. The fraction of sp³-hybridized carbons (Fsp3) is 0.857. The van der Waals surface area contributed by atoms with E-state index in [1.165, 1.54) is 0 Å². The van der Waals surface area contributed by atoms with Crippen molar-refractivity contribution in [3.8, 4) is 0 Å². The van der Waals surface area contributed by atoms with Crippen molar-refractivity contribution in [3.63, 3.8) is 0 Å². The third-order valence-corrected chi connectivity index (χ3v) is 4.63. The number of aliphatic carboxylic acids is 1. The lowest BCUT2D eigenvalue weighted by Gasteiger charge is -2.36. The summed E-state index contributed by atoms with van der Waals surface area (Å²) in [5, 5.41) is 12.0. The number of carboxylic acids is 1. The molecule has 2 rings (SSSR count). The lowest BCUT2D eigenvalue weighted by Crippen LogP contribution is -2.58. The first-order valence-corrected chi connectivity index (χ1v) is 7.25. The Balaban J connectivity index is 1.98. The van der Waals surface area contributed by atoms with Crippen LogP contribution in [-0.4, -0.2) is 28.6 Å². The molecular formula is C14H24N2O3. The molecule has 4 N–H and O–H groups in total. The molecule has 0 heterocycles. The summed E-state index contributed by atoms with van der Waals surface area (Å²) in [6, 6.07) is -0.248. The Hall–Kier alpha value is -1.10. The van der Waals surface area contributed by atoms with Crippen LogP contribution in [0.4, 0.5) is 0 Å². The average molecular weight is 268 g/mol. The summed E-state index contributed by atoms with van der Waals surface area (Å²) >= 11 is 0. The van der Waals surface area contributed by atoms with Gasteiger partial charge in [-0.25, -0.2) is 0 Å². The summed E-state index contributed by atoms with van der Waals surface area (Å²) in [4.78, 5) is 23.5. The summed E-state index contributed by atoms with van der Waals surface area (Å²) in [6.45, 7) is 2.11. The highest BCUT2D eigenvalue weighted by molar-refractivity contribution is 5.87. The van der Waals surface area contributed by atoms with Crippen LogP contribution < -0.4 is 11.1 Å². The minimum atomic E-state index is -0.814. The average Bonchev–Trinajstić information content (AvgIpc) is 2.76. The highest BCUT2D eigenvalue weighted by Crippen LogP contribution is 2.32. The van der Waals surface area contributed by atoms with E-state index in [-0.39, 0.29) is 11.9 Å². The molecule has 19 heavy (non-hydrogen) atoms. The number of hydrogen-bond donors (Lipinski definition) is 3. The maximum atomic E-state index is 12.4. The van der Waals surface area contributed by atoms with Gasteiger partial charge in [0.2, 0.25) is 5.91 Å². The van der Waals surface area contributed by atoms with Gasteiger partial charge in [-0.05, 0) is 31.6 Å². The van der Waals surface area contributed by atoms with E-state index in [1.807, 2.05) is 0 Å². The van der Waals surface area contributed by atoms with Gasteiger partial charge >= 0.3 is 5.97 Å². The van der Waals surface area contributed by atoms with Crippen LogP contribution in [0.1, 0.15) is 51.9 Å². The molecule has 0 aromatic rings. The van der Waals surface area contributed by atoms with E-state index in [1.54, 1.807) is 0 Å². The highest BCUT2D eigenvalue weighted by Gasteiger charge is 2.41. The highest BCUT2D eigenvalue weighted by atomic mass is 16.4. The monoisotopic (exact) mass is 268 g/mol. The predicted molar refractivity (Wildman–Crippen MR) is 71.5 cm³/mol. The van der Waals surface area contributed by atoms with Gasteiger partial charge in [-0.3, -0.25) is 9.59 Å². The van der Waals surface area contributed by atoms with Crippen molar-refractivity contribution in [1.82, 2.24) is 5.32 Å². The van der Waals surface area contributed by atoms with Gasteiger partial charge in [0.05, 0.1) is 11.5 Å². The van der Waals surface area contributed by atoms with Crippen molar-refractivity contribution in [2.45, 2.75) is 63.5 Å². The Morgan fingerprint density at radius 1 is 1.26 bits per heavy atom. The second-order valence-corrected chi connectivity index (χ2v) is 6.31. The molecule has 108 valence electrons. The van der Waals surface area contributed by atoms with Crippen molar-refractivity contribution < 1.29 is 14.7 Å². The Kier molecular flexibility index (Phi) is 4.13. The normalized spacial score (nSPS) is 38.9. The maximum absolute atomic E-state index is 12.4. The quantitative estimate of drug-likeness (QED) is 0.718. The summed E-state index contributed by atoms with van der Waals surface area (Å²) in [6.07, 6.45) is 5.74. The molecule has 2 aliphatic rings. The minimum Gasteiger partial charge on any atom is -0.481 e. The van der Waals surface area contributed by atoms with E-state index in [9.17, 15) is 9.59 Å². The van der Waals surface area contributed by atoms with Crippen LogP contribution in [0.2, 0.25) is 0 Å². The fourth-order valence-electron chi connectivity index (χ4n) is 3.54. The van der Waals surface area contributed by atoms with Crippen LogP contribution in [-0.2, 0) is 9.59 Å². The van der Waals surface area contributed by atoms with E-state index in [4.69, 9.17) is 10.8 Å². The predicted octanol–water partition coefficient (Wildman–Crippen LogP) is 1.26. The zero-order valence-corrected chi connectivity index (χ0v) is 11.5.